The van der Waals surface area contributed by atoms with Gasteiger partial charge in [-0.25, -0.2) is 0 Å². The summed E-state index contributed by atoms with van der Waals surface area (Å²) in [7, 11) is 0. The topological polar surface area (TPSA) is 32.3 Å². The van der Waals surface area contributed by atoms with E-state index >= 15 is 0 Å². The van der Waals surface area contributed by atoms with Gasteiger partial charge < -0.3 is 10.4 Å². The van der Waals surface area contributed by atoms with Crippen LogP contribution in [0.4, 0.5) is 0 Å². The van der Waals surface area contributed by atoms with E-state index in [1.807, 2.05) is 0 Å². The first-order valence-corrected chi connectivity index (χ1v) is 1.78. The molecule has 0 radical (unpaired) electrons. The summed E-state index contributed by atoms with van der Waals surface area (Å²) in [5, 5.41) is 11.3. The fourth-order valence-electron chi connectivity index (χ4n) is 0.273. The maximum absolute atomic E-state index is 8.39. The average molecular weight is 89.1 g/mol. The Morgan fingerprint density at radius 2 is 1.83 bits per heavy atom. The van der Waals surface area contributed by atoms with Crippen molar-refractivity contribution in [3.63, 3.8) is 0 Å². The van der Waals surface area contributed by atoms with E-state index in [4.69, 9.17) is 5.11 Å². The molecule has 0 unspecified atom stereocenters. The summed E-state index contributed by atoms with van der Waals surface area (Å²) in [4.78, 5) is 0. The molecule has 1 heterocycles. The lowest BCUT2D eigenvalue weighted by Crippen LogP contribution is -2.46. The zero-order valence-electron chi connectivity index (χ0n) is 2.94. The van der Waals surface area contributed by atoms with Crippen LogP contribution >= 0.6 is 0 Å². The van der Waals surface area contributed by atoms with Crippen LogP contribution in [0.5, 0.6) is 0 Å². The molecule has 1 saturated heterocycles. The molecule has 0 spiro atoms. The van der Waals surface area contributed by atoms with Crippen molar-refractivity contribution in [1.29, 1.82) is 0 Å². The van der Waals surface area contributed by atoms with Gasteiger partial charge in [0.2, 0.25) is 0 Å². The molecule has 1 rings (SSSR count). The highest BCUT2D eigenvalue weighted by Crippen LogP contribution is 1.85. The molecule has 0 bridgehead atoms. The van der Waals surface area contributed by atoms with Gasteiger partial charge in [0, 0.05) is 13.1 Å². The summed E-state index contributed by atoms with van der Waals surface area (Å²) in [6.45, 7) is 1.58. The molecule has 1 aliphatic heterocycles. The van der Waals surface area contributed by atoms with E-state index in [0.29, 0.717) is 0 Å². The smallest absolute Gasteiger partial charge is 0.0788 e. The number of β-amino-alcohol motifs (C(OH)–C–C–N with tert-alkyl or cyclic N) is 1. The van der Waals surface area contributed by atoms with Gasteiger partial charge in [-0.2, -0.15) is 0 Å². The van der Waals surface area contributed by atoms with Gasteiger partial charge in [0.05, 0.1) is 6.10 Å². The number of aliphatic hydroxyl groups excluding tert-OH is 1. The number of rotatable bonds is 0. The van der Waals surface area contributed by atoms with Gasteiger partial charge in [-0.1, -0.05) is 7.43 Å². The lowest BCUT2D eigenvalue weighted by molar-refractivity contribution is 0.117. The third kappa shape index (κ3) is 0.954. The van der Waals surface area contributed by atoms with E-state index in [1.54, 1.807) is 0 Å². The molecular formula is C4H11NO. The Morgan fingerprint density at radius 1 is 1.50 bits per heavy atom. The van der Waals surface area contributed by atoms with E-state index in [9.17, 15) is 0 Å². The molecule has 2 N–H and O–H groups in total. The van der Waals surface area contributed by atoms with Gasteiger partial charge in [-0.15, -0.1) is 0 Å². The van der Waals surface area contributed by atoms with Gasteiger partial charge in [0.15, 0.2) is 0 Å². The second-order valence-electron chi connectivity index (χ2n) is 1.31. The zero-order chi connectivity index (χ0) is 3.70. The molecule has 38 valence electrons. The molecule has 0 atom stereocenters. The summed E-state index contributed by atoms with van der Waals surface area (Å²) < 4.78 is 0. The predicted octanol–water partition coefficient (Wildman–Crippen LogP) is -0.413. The third-order valence-corrected chi connectivity index (χ3v) is 0.760. The van der Waals surface area contributed by atoms with E-state index in [0.717, 1.165) is 13.1 Å². The average Bonchev–Trinajstić information content (AvgIpc) is 1.30. The first-order valence-electron chi connectivity index (χ1n) is 1.78. The van der Waals surface area contributed by atoms with Crippen molar-refractivity contribution in [2.45, 2.75) is 13.5 Å². The van der Waals surface area contributed by atoms with Gasteiger partial charge in [-0.05, 0) is 0 Å². The second-order valence-corrected chi connectivity index (χ2v) is 1.31. The number of hydrogen-bond donors (Lipinski definition) is 2. The molecule has 0 saturated carbocycles. The van der Waals surface area contributed by atoms with Crippen molar-refractivity contribution in [1.82, 2.24) is 5.32 Å². The molecule has 0 aromatic carbocycles. The van der Waals surface area contributed by atoms with E-state index in [-0.39, 0.29) is 13.5 Å². The summed E-state index contributed by atoms with van der Waals surface area (Å²) in [5.41, 5.74) is 0. The van der Waals surface area contributed by atoms with E-state index in [2.05, 4.69) is 5.32 Å². The Bertz CT molecular complexity index is 34.5. The predicted molar refractivity (Wildman–Crippen MR) is 25.6 cm³/mol. The Balaban J connectivity index is 0.000000250. The van der Waals surface area contributed by atoms with Crippen molar-refractivity contribution in [3.8, 4) is 0 Å². The first kappa shape index (κ1) is 5.92. The fraction of sp³-hybridized carbons (Fsp3) is 1.00. The third-order valence-electron chi connectivity index (χ3n) is 0.760. The Morgan fingerprint density at radius 3 is 1.83 bits per heavy atom. The molecule has 0 aliphatic carbocycles. The van der Waals surface area contributed by atoms with Crippen LogP contribution in [0.2, 0.25) is 0 Å². The van der Waals surface area contributed by atoms with E-state index < -0.39 is 0 Å². The lowest BCUT2D eigenvalue weighted by Gasteiger charge is -2.20. The van der Waals surface area contributed by atoms with Gasteiger partial charge in [0.1, 0.15) is 0 Å². The molecular weight excluding hydrogens is 78.0 g/mol. The van der Waals surface area contributed by atoms with Crippen molar-refractivity contribution >= 4 is 0 Å². The Kier molecular flexibility index (Phi) is 2.13. The Hall–Kier alpha value is -0.0800. The maximum Gasteiger partial charge on any atom is 0.0788 e. The minimum Gasteiger partial charge on any atom is -0.390 e. The first-order chi connectivity index (χ1) is 2.39. The van der Waals surface area contributed by atoms with Crippen molar-refractivity contribution in [3.05, 3.63) is 0 Å². The van der Waals surface area contributed by atoms with Crippen LogP contribution in [0.15, 0.2) is 0 Å². The van der Waals surface area contributed by atoms with Crippen molar-refractivity contribution < 1.29 is 5.11 Å². The number of aliphatic hydroxyl groups is 1. The van der Waals surface area contributed by atoms with Crippen LogP contribution in [0.1, 0.15) is 7.43 Å². The lowest BCUT2D eigenvalue weighted by atomic mass is 10.2. The molecule has 0 aromatic rings. The molecule has 2 nitrogen and oxygen atoms in total. The quantitative estimate of drug-likeness (QED) is 0.422. The minimum absolute atomic E-state index is 0. The summed E-state index contributed by atoms with van der Waals surface area (Å²) in [6.07, 6.45) is -0.0463. The number of nitrogens with one attached hydrogen (secondary N) is 1. The highest BCUT2D eigenvalue weighted by atomic mass is 16.3. The summed E-state index contributed by atoms with van der Waals surface area (Å²) in [6, 6.07) is 0. The SMILES string of the molecule is C.OC1CNC1. The van der Waals surface area contributed by atoms with Gasteiger partial charge in [0.25, 0.3) is 0 Å². The molecule has 2 heteroatoms. The second kappa shape index (κ2) is 2.16. The van der Waals surface area contributed by atoms with Crippen molar-refractivity contribution in [2.24, 2.45) is 0 Å². The highest BCUT2D eigenvalue weighted by Gasteiger charge is 2.10. The molecule has 6 heavy (non-hydrogen) atoms. The highest BCUT2D eigenvalue weighted by molar-refractivity contribution is 4.71. The normalized spacial score (nSPS) is 21.5. The van der Waals surface area contributed by atoms with E-state index in [1.165, 1.54) is 0 Å². The molecule has 1 fully saturated rings. The monoisotopic (exact) mass is 89.1 g/mol. The summed E-state index contributed by atoms with van der Waals surface area (Å²) >= 11 is 0. The fourth-order valence-corrected chi connectivity index (χ4v) is 0.273. The van der Waals surface area contributed by atoms with Gasteiger partial charge >= 0.3 is 0 Å². The van der Waals surface area contributed by atoms with Crippen molar-refractivity contribution in [2.75, 3.05) is 13.1 Å². The molecule has 0 aromatic heterocycles. The standard InChI is InChI=1S/C3H7NO.CH4/c5-3-1-4-2-3;/h3-5H,1-2H2;1H4. The minimum atomic E-state index is -0.0463. The molecule has 0 amide bonds. The van der Waals surface area contributed by atoms with Crippen LogP contribution in [-0.4, -0.2) is 24.3 Å². The number of hydrogen-bond acceptors (Lipinski definition) is 2. The van der Waals surface area contributed by atoms with Crippen LogP contribution in [0.25, 0.3) is 0 Å². The molecule has 1 aliphatic rings. The van der Waals surface area contributed by atoms with Gasteiger partial charge in [-0.3, -0.25) is 0 Å². The maximum atomic E-state index is 8.39. The zero-order valence-corrected chi connectivity index (χ0v) is 2.94. The largest absolute Gasteiger partial charge is 0.390 e. The summed E-state index contributed by atoms with van der Waals surface area (Å²) in [5.74, 6) is 0. The van der Waals surface area contributed by atoms with Crippen LogP contribution in [0, 0.1) is 0 Å². The van der Waals surface area contributed by atoms with Crippen LogP contribution < -0.4 is 5.32 Å². The van der Waals surface area contributed by atoms with Crippen LogP contribution in [-0.2, 0) is 0 Å². The Labute approximate surface area is 38.2 Å². The van der Waals surface area contributed by atoms with Crippen LogP contribution in [0.3, 0.4) is 0 Å².